The zero-order valence-electron chi connectivity index (χ0n) is 10.6. The molecule has 19 heavy (non-hydrogen) atoms. The number of rotatable bonds is 5. The molecule has 1 aliphatic rings. The number of aromatic nitrogens is 2. The van der Waals surface area contributed by atoms with E-state index in [-0.39, 0.29) is 0 Å². The van der Waals surface area contributed by atoms with Crippen LogP contribution in [0.25, 0.3) is 0 Å². The van der Waals surface area contributed by atoms with Crippen molar-refractivity contribution in [3.8, 4) is 0 Å². The Morgan fingerprint density at radius 3 is 1.89 bits per heavy atom. The first-order chi connectivity index (χ1) is 9.06. The lowest BCUT2D eigenvalue weighted by Gasteiger charge is -2.39. The molecule has 4 N–H and O–H groups in total. The molecule has 1 aromatic rings. The fourth-order valence-corrected chi connectivity index (χ4v) is 2.17. The van der Waals surface area contributed by atoms with Crippen LogP contribution in [0, 0.1) is 0 Å². The molecule has 2 rings (SSSR count). The van der Waals surface area contributed by atoms with Gasteiger partial charge in [0.05, 0.1) is 26.4 Å². The van der Waals surface area contributed by atoms with Gasteiger partial charge in [-0.3, -0.25) is 4.68 Å². The van der Waals surface area contributed by atoms with E-state index < -0.39 is 44.7 Å². The van der Waals surface area contributed by atoms with Crippen molar-refractivity contribution in [1.82, 2.24) is 9.78 Å². The maximum absolute atomic E-state index is 9.48. The number of aryl methyl sites for hydroxylation is 1. The molecular formula is C10H17BN2O6. The molecule has 8 nitrogen and oxygen atoms in total. The molecule has 106 valence electrons. The second kappa shape index (κ2) is 5.20. The van der Waals surface area contributed by atoms with E-state index in [0.717, 1.165) is 0 Å². The van der Waals surface area contributed by atoms with Gasteiger partial charge in [0.15, 0.2) is 0 Å². The number of aliphatic hydroxyl groups excluding tert-OH is 4. The van der Waals surface area contributed by atoms with E-state index in [0.29, 0.717) is 5.46 Å². The summed E-state index contributed by atoms with van der Waals surface area (Å²) in [5, 5.41) is 41.9. The molecule has 0 unspecified atom stereocenters. The molecule has 1 aromatic heterocycles. The van der Waals surface area contributed by atoms with Crippen molar-refractivity contribution < 1.29 is 29.7 Å². The molecule has 2 heterocycles. The van der Waals surface area contributed by atoms with E-state index in [9.17, 15) is 20.4 Å². The highest BCUT2D eigenvalue weighted by Gasteiger charge is 2.62. The maximum Gasteiger partial charge on any atom is 0.498 e. The van der Waals surface area contributed by atoms with Gasteiger partial charge in [0.1, 0.15) is 11.2 Å². The summed E-state index contributed by atoms with van der Waals surface area (Å²) in [6, 6.07) is 0. The van der Waals surface area contributed by atoms with Gasteiger partial charge >= 0.3 is 7.12 Å². The van der Waals surface area contributed by atoms with E-state index in [2.05, 4.69) is 5.10 Å². The zero-order valence-corrected chi connectivity index (χ0v) is 10.6. The molecule has 0 radical (unpaired) electrons. The van der Waals surface area contributed by atoms with Crippen molar-refractivity contribution >= 4 is 12.6 Å². The van der Waals surface area contributed by atoms with Crippen LogP contribution in [-0.2, 0) is 16.4 Å². The number of hydrogen-bond acceptors (Lipinski definition) is 7. The van der Waals surface area contributed by atoms with E-state index in [1.165, 1.54) is 6.20 Å². The first kappa shape index (κ1) is 14.4. The smallest absolute Gasteiger partial charge is 0.394 e. The summed E-state index contributed by atoms with van der Waals surface area (Å²) in [6.45, 7) is -2.38. The molecular weight excluding hydrogens is 255 g/mol. The van der Waals surface area contributed by atoms with Gasteiger partial charge < -0.3 is 29.7 Å². The molecule has 0 aliphatic carbocycles. The molecule has 9 heteroatoms. The zero-order chi connectivity index (χ0) is 14.1. The largest absolute Gasteiger partial charge is 0.498 e. The standard InChI is InChI=1S/C10H17BN2O6/c1-13-3-8(2-12-13)11-18-9(4-14,5-15)10(6-16,7-17)19-11/h2-3,14-17H,4-7H2,1H3. The monoisotopic (exact) mass is 272 g/mol. The quantitative estimate of drug-likeness (QED) is 0.413. The van der Waals surface area contributed by atoms with Crippen molar-refractivity contribution in [1.29, 1.82) is 0 Å². The van der Waals surface area contributed by atoms with E-state index in [1.807, 2.05) is 0 Å². The molecule has 0 atom stereocenters. The van der Waals surface area contributed by atoms with Gasteiger partial charge in [0.2, 0.25) is 0 Å². The average molecular weight is 272 g/mol. The van der Waals surface area contributed by atoms with Crippen molar-refractivity contribution in [3.63, 3.8) is 0 Å². The average Bonchev–Trinajstić information content (AvgIpc) is 3.00. The van der Waals surface area contributed by atoms with Crippen LogP contribution in [0.3, 0.4) is 0 Å². The van der Waals surface area contributed by atoms with Crippen LogP contribution in [0.2, 0.25) is 0 Å². The van der Waals surface area contributed by atoms with Crippen molar-refractivity contribution in [3.05, 3.63) is 12.4 Å². The molecule has 0 amide bonds. The molecule has 1 saturated heterocycles. The van der Waals surface area contributed by atoms with Crippen LogP contribution in [0.15, 0.2) is 12.4 Å². The summed E-state index contributed by atoms with van der Waals surface area (Å²) in [5.41, 5.74) is -2.58. The first-order valence-corrected chi connectivity index (χ1v) is 5.84. The first-order valence-electron chi connectivity index (χ1n) is 5.84. The van der Waals surface area contributed by atoms with Crippen LogP contribution in [-0.4, -0.2) is 75.0 Å². The summed E-state index contributed by atoms with van der Waals surface area (Å²) in [6.07, 6.45) is 3.16. The summed E-state index contributed by atoms with van der Waals surface area (Å²) >= 11 is 0. The van der Waals surface area contributed by atoms with Gasteiger partial charge in [-0.1, -0.05) is 0 Å². The fourth-order valence-electron chi connectivity index (χ4n) is 2.17. The fraction of sp³-hybridized carbons (Fsp3) is 0.700. The van der Waals surface area contributed by atoms with Crippen molar-refractivity contribution in [2.75, 3.05) is 26.4 Å². The molecule has 0 saturated carbocycles. The summed E-state index contributed by atoms with van der Waals surface area (Å²) in [5.74, 6) is 0. The van der Waals surface area contributed by atoms with Crippen molar-refractivity contribution in [2.24, 2.45) is 7.05 Å². The van der Waals surface area contributed by atoms with E-state index >= 15 is 0 Å². The van der Waals surface area contributed by atoms with E-state index in [4.69, 9.17) is 9.31 Å². The van der Waals surface area contributed by atoms with Gasteiger partial charge in [-0.15, -0.1) is 0 Å². The third-order valence-corrected chi connectivity index (χ3v) is 3.51. The Morgan fingerprint density at radius 2 is 1.58 bits per heavy atom. The third-order valence-electron chi connectivity index (χ3n) is 3.51. The Hall–Kier alpha value is -0.965. The lowest BCUT2D eigenvalue weighted by atomic mass is 9.82. The highest BCUT2D eigenvalue weighted by Crippen LogP contribution is 2.37. The van der Waals surface area contributed by atoms with Crippen LogP contribution in [0.5, 0.6) is 0 Å². The number of hydrogen-bond donors (Lipinski definition) is 4. The minimum Gasteiger partial charge on any atom is -0.394 e. The third kappa shape index (κ3) is 2.08. The highest BCUT2D eigenvalue weighted by atomic mass is 16.7. The molecule has 0 bridgehead atoms. The Morgan fingerprint density at radius 1 is 1.11 bits per heavy atom. The topological polar surface area (TPSA) is 117 Å². The Bertz CT molecular complexity index is 411. The van der Waals surface area contributed by atoms with Crippen molar-refractivity contribution in [2.45, 2.75) is 11.2 Å². The second-order valence-corrected chi connectivity index (χ2v) is 4.64. The summed E-state index contributed by atoms with van der Waals surface area (Å²) < 4.78 is 12.6. The number of aliphatic hydroxyl groups is 4. The van der Waals surface area contributed by atoms with Gasteiger partial charge in [-0.25, -0.2) is 0 Å². The van der Waals surface area contributed by atoms with Crippen LogP contribution in [0.1, 0.15) is 0 Å². The van der Waals surface area contributed by atoms with Crippen LogP contribution in [0.4, 0.5) is 0 Å². The lowest BCUT2D eigenvalue weighted by molar-refractivity contribution is -0.147. The summed E-state index contributed by atoms with van der Waals surface area (Å²) in [4.78, 5) is 0. The van der Waals surface area contributed by atoms with Gasteiger partial charge in [-0.2, -0.15) is 5.10 Å². The van der Waals surface area contributed by atoms with Crippen LogP contribution < -0.4 is 5.46 Å². The minimum atomic E-state index is -1.57. The van der Waals surface area contributed by atoms with Gasteiger partial charge in [-0.05, 0) is 0 Å². The Balaban J connectivity index is 2.34. The predicted molar refractivity (Wildman–Crippen MR) is 64.6 cm³/mol. The van der Waals surface area contributed by atoms with Gasteiger partial charge in [0.25, 0.3) is 0 Å². The molecule has 0 aromatic carbocycles. The van der Waals surface area contributed by atoms with Crippen LogP contribution >= 0.6 is 0 Å². The Kier molecular flexibility index (Phi) is 3.95. The highest BCUT2D eigenvalue weighted by molar-refractivity contribution is 6.62. The minimum absolute atomic E-state index is 0.567. The maximum atomic E-state index is 9.48. The predicted octanol–water partition coefficient (Wildman–Crippen LogP) is -3.39. The molecule has 1 fully saturated rings. The normalized spacial score (nSPS) is 21.0. The van der Waals surface area contributed by atoms with Gasteiger partial charge in [0, 0.05) is 24.9 Å². The Labute approximate surface area is 110 Å². The van der Waals surface area contributed by atoms with E-state index in [1.54, 1.807) is 17.9 Å². The summed E-state index contributed by atoms with van der Waals surface area (Å²) in [7, 11) is 0.794. The molecule has 1 aliphatic heterocycles. The molecule has 0 spiro atoms. The lowest BCUT2D eigenvalue weighted by Crippen LogP contribution is -2.61. The SMILES string of the molecule is Cn1cc(B2OC(CO)(CO)C(CO)(CO)O2)cn1. The number of nitrogens with zero attached hydrogens (tertiary/aromatic N) is 2. The second-order valence-electron chi connectivity index (χ2n) is 4.64.